The molecule has 14 heavy (non-hydrogen) atoms. The number of rotatable bonds is 4. The molecular formula is C10H16O4. The van der Waals surface area contributed by atoms with Crippen molar-refractivity contribution in [1.82, 2.24) is 0 Å². The first kappa shape index (κ1) is 12.7. The fourth-order valence-corrected chi connectivity index (χ4v) is 0.722. The van der Waals surface area contributed by atoms with Gasteiger partial charge in [0.1, 0.15) is 5.60 Å². The molecule has 0 saturated carbocycles. The van der Waals surface area contributed by atoms with Crippen molar-refractivity contribution in [1.29, 1.82) is 0 Å². The summed E-state index contributed by atoms with van der Waals surface area (Å²) in [6.45, 7) is 5.32. The van der Waals surface area contributed by atoms with Gasteiger partial charge in [0.25, 0.3) is 0 Å². The number of carboxylic acid groups (broad SMARTS) is 1. The van der Waals surface area contributed by atoms with E-state index < -0.39 is 17.5 Å². The molecule has 0 aliphatic rings. The smallest absolute Gasteiger partial charge is 0.330 e. The van der Waals surface area contributed by atoms with Crippen molar-refractivity contribution in [2.24, 2.45) is 0 Å². The Bertz CT molecular complexity index is 235. The molecule has 0 radical (unpaired) electrons. The summed E-state index contributed by atoms with van der Waals surface area (Å²) in [5.41, 5.74) is -0.506. The molecule has 4 nitrogen and oxygen atoms in total. The van der Waals surface area contributed by atoms with E-state index in [4.69, 9.17) is 9.84 Å². The highest BCUT2D eigenvalue weighted by molar-refractivity contribution is 5.82. The second-order valence-electron chi connectivity index (χ2n) is 3.87. The Morgan fingerprint density at radius 3 is 2.36 bits per heavy atom. The molecule has 0 atom stereocenters. The minimum Gasteiger partial charge on any atom is -0.481 e. The molecule has 0 aliphatic heterocycles. The average molecular weight is 200 g/mol. The summed E-state index contributed by atoms with van der Waals surface area (Å²) in [6, 6.07) is 0. The van der Waals surface area contributed by atoms with Gasteiger partial charge < -0.3 is 9.84 Å². The maximum atomic E-state index is 11.0. The van der Waals surface area contributed by atoms with Gasteiger partial charge in [0.05, 0.1) is 0 Å². The molecular weight excluding hydrogens is 184 g/mol. The Balaban J connectivity index is 3.78. The lowest BCUT2D eigenvalue weighted by Gasteiger charge is -2.17. The quantitative estimate of drug-likeness (QED) is 0.554. The zero-order valence-corrected chi connectivity index (χ0v) is 8.74. The van der Waals surface area contributed by atoms with E-state index in [1.54, 1.807) is 20.8 Å². The van der Waals surface area contributed by atoms with Gasteiger partial charge in [-0.15, -0.1) is 0 Å². The average Bonchev–Trinajstić information content (AvgIpc) is 1.94. The van der Waals surface area contributed by atoms with Crippen LogP contribution in [0.4, 0.5) is 0 Å². The van der Waals surface area contributed by atoms with Gasteiger partial charge in [-0.2, -0.15) is 0 Å². The standard InChI is InChI=1S/C10H16O4/c1-10(2,3)14-9(13)7-5-4-6-8(11)12/h5,7H,4,6H2,1-3H3,(H,11,12)/b7-5+. The topological polar surface area (TPSA) is 63.6 Å². The molecule has 0 spiro atoms. The second kappa shape index (κ2) is 5.42. The number of carbonyl (C=O) groups excluding carboxylic acids is 1. The van der Waals surface area contributed by atoms with E-state index in [1.807, 2.05) is 0 Å². The fourth-order valence-electron chi connectivity index (χ4n) is 0.722. The van der Waals surface area contributed by atoms with E-state index in [9.17, 15) is 9.59 Å². The van der Waals surface area contributed by atoms with Gasteiger partial charge in [0.15, 0.2) is 0 Å². The van der Waals surface area contributed by atoms with Crippen LogP contribution in [0, 0.1) is 0 Å². The number of carboxylic acids is 1. The van der Waals surface area contributed by atoms with Crippen LogP contribution in [0.1, 0.15) is 33.6 Å². The molecule has 0 unspecified atom stereocenters. The SMILES string of the molecule is CC(C)(C)OC(=O)/C=C/CCC(=O)O. The number of hydrogen-bond acceptors (Lipinski definition) is 3. The molecule has 0 aromatic heterocycles. The maximum absolute atomic E-state index is 11.0. The summed E-state index contributed by atoms with van der Waals surface area (Å²) in [7, 11) is 0. The molecule has 80 valence electrons. The third kappa shape index (κ3) is 8.77. The van der Waals surface area contributed by atoms with E-state index in [0.717, 1.165) is 0 Å². The van der Waals surface area contributed by atoms with Gasteiger partial charge in [-0.3, -0.25) is 4.79 Å². The van der Waals surface area contributed by atoms with E-state index >= 15 is 0 Å². The third-order valence-electron chi connectivity index (χ3n) is 1.19. The lowest BCUT2D eigenvalue weighted by atomic mass is 10.2. The first-order chi connectivity index (χ1) is 6.31. The van der Waals surface area contributed by atoms with Crippen LogP contribution >= 0.6 is 0 Å². The van der Waals surface area contributed by atoms with Gasteiger partial charge in [-0.25, -0.2) is 4.79 Å². The van der Waals surface area contributed by atoms with Crippen LogP contribution in [0.15, 0.2) is 12.2 Å². The number of hydrogen-bond donors (Lipinski definition) is 1. The van der Waals surface area contributed by atoms with Crippen molar-refractivity contribution >= 4 is 11.9 Å². The predicted molar refractivity (Wildman–Crippen MR) is 51.9 cm³/mol. The highest BCUT2D eigenvalue weighted by Crippen LogP contribution is 2.07. The zero-order valence-electron chi connectivity index (χ0n) is 8.74. The van der Waals surface area contributed by atoms with Gasteiger partial charge in [-0.1, -0.05) is 6.08 Å². The van der Waals surface area contributed by atoms with E-state index in [-0.39, 0.29) is 6.42 Å². The van der Waals surface area contributed by atoms with Gasteiger partial charge >= 0.3 is 11.9 Å². The summed E-state index contributed by atoms with van der Waals surface area (Å²) < 4.78 is 4.97. The van der Waals surface area contributed by atoms with Crippen molar-refractivity contribution in [2.75, 3.05) is 0 Å². The molecule has 1 N–H and O–H groups in total. The molecule has 0 heterocycles. The largest absolute Gasteiger partial charge is 0.481 e. The Labute approximate surface area is 83.6 Å². The molecule has 0 aliphatic carbocycles. The van der Waals surface area contributed by atoms with Crippen LogP contribution < -0.4 is 0 Å². The Hall–Kier alpha value is -1.32. The molecule has 0 bridgehead atoms. The molecule has 0 fully saturated rings. The number of carbonyl (C=O) groups is 2. The maximum Gasteiger partial charge on any atom is 0.330 e. The lowest BCUT2D eigenvalue weighted by Crippen LogP contribution is -2.22. The normalized spacial score (nSPS) is 11.6. The number of esters is 1. The number of ether oxygens (including phenoxy) is 1. The Morgan fingerprint density at radius 2 is 1.93 bits per heavy atom. The monoisotopic (exact) mass is 200 g/mol. The molecule has 0 aromatic carbocycles. The minimum atomic E-state index is -0.876. The lowest BCUT2D eigenvalue weighted by molar-refractivity contribution is -0.148. The van der Waals surface area contributed by atoms with Crippen molar-refractivity contribution in [3.8, 4) is 0 Å². The van der Waals surface area contributed by atoms with Gasteiger partial charge in [-0.05, 0) is 27.2 Å². The minimum absolute atomic E-state index is 0.0271. The van der Waals surface area contributed by atoms with E-state index in [2.05, 4.69) is 0 Å². The van der Waals surface area contributed by atoms with E-state index in [0.29, 0.717) is 6.42 Å². The second-order valence-corrected chi connectivity index (χ2v) is 3.87. The van der Waals surface area contributed by atoms with E-state index in [1.165, 1.54) is 12.2 Å². The van der Waals surface area contributed by atoms with Crippen LogP contribution in [0.25, 0.3) is 0 Å². The first-order valence-corrected chi connectivity index (χ1v) is 4.42. The van der Waals surface area contributed by atoms with Crippen LogP contribution in [-0.2, 0) is 14.3 Å². The highest BCUT2D eigenvalue weighted by Gasteiger charge is 2.13. The Kier molecular flexibility index (Phi) is 4.91. The van der Waals surface area contributed by atoms with Gasteiger partial charge in [0.2, 0.25) is 0 Å². The Morgan fingerprint density at radius 1 is 1.36 bits per heavy atom. The first-order valence-electron chi connectivity index (χ1n) is 4.42. The summed E-state index contributed by atoms with van der Waals surface area (Å²) >= 11 is 0. The van der Waals surface area contributed by atoms with Gasteiger partial charge in [0, 0.05) is 12.5 Å². The molecule has 0 rings (SSSR count). The summed E-state index contributed by atoms with van der Waals surface area (Å²) in [4.78, 5) is 21.2. The third-order valence-corrected chi connectivity index (χ3v) is 1.19. The molecule has 0 aromatic rings. The van der Waals surface area contributed by atoms with Crippen LogP contribution in [0.2, 0.25) is 0 Å². The highest BCUT2D eigenvalue weighted by atomic mass is 16.6. The summed E-state index contributed by atoms with van der Waals surface area (Å²) in [5.74, 6) is -1.32. The van der Waals surface area contributed by atoms with Crippen LogP contribution in [-0.4, -0.2) is 22.6 Å². The van der Waals surface area contributed by atoms with Crippen molar-refractivity contribution in [3.63, 3.8) is 0 Å². The molecule has 0 saturated heterocycles. The molecule has 0 amide bonds. The zero-order chi connectivity index (χ0) is 11.2. The fraction of sp³-hybridized carbons (Fsp3) is 0.600. The number of aliphatic carboxylic acids is 1. The molecule has 4 heteroatoms. The van der Waals surface area contributed by atoms with Crippen molar-refractivity contribution < 1.29 is 19.4 Å². The number of allylic oxidation sites excluding steroid dienone is 1. The summed E-state index contributed by atoms with van der Waals surface area (Å²) in [5, 5.41) is 8.32. The van der Waals surface area contributed by atoms with Crippen LogP contribution in [0.5, 0.6) is 0 Å². The van der Waals surface area contributed by atoms with Crippen molar-refractivity contribution in [2.45, 2.75) is 39.2 Å². The predicted octanol–water partition coefficient (Wildman–Crippen LogP) is 1.75. The van der Waals surface area contributed by atoms with Crippen LogP contribution in [0.3, 0.4) is 0 Å². The summed E-state index contributed by atoms with van der Waals surface area (Å²) in [6.07, 6.45) is 3.13. The van der Waals surface area contributed by atoms with Crippen molar-refractivity contribution in [3.05, 3.63) is 12.2 Å².